The van der Waals surface area contributed by atoms with Gasteiger partial charge in [0.15, 0.2) is 0 Å². The summed E-state index contributed by atoms with van der Waals surface area (Å²) in [5.74, 6) is 0. The van der Waals surface area contributed by atoms with Crippen LogP contribution in [0.3, 0.4) is 0 Å². The minimum atomic E-state index is 0.0315. The van der Waals surface area contributed by atoms with E-state index in [-0.39, 0.29) is 17.6 Å². The molecule has 0 saturated heterocycles. The van der Waals surface area contributed by atoms with E-state index in [2.05, 4.69) is 32.1 Å². The highest BCUT2D eigenvalue weighted by Gasteiger charge is 2.44. The summed E-state index contributed by atoms with van der Waals surface area (Å²) in [4.78, 5) is 0. The van der Waals surface area contributed by atoms with Gasteiger partial charge in [-0.2, -0.15) is 5.10 Å². The molecule has 3 nitrogen and oxygen atoms in total. The topological polar surface area (TPSA) is 38.0 Å². The van der Waals surface area contributed by atoms with E-state index in [1.807, 2.05) is 10.9 Å². The smallest absolute Gasteiger partial charge is 0.0543 e. The van der Waals surface area contributed by atoms with Crippen molar-refractivity contribution in [1.29, 1.82) is 0 Å². The van der Waals surface area contributed by atoms with Gasteiger partial charge in [-0.3, -0.25) is 4.68 Å². The molecule has 1 heterocycles. The first-order valence-electron chi connectivity index (χ1n) is 5.14. The molecule has 3 heteroatoms. The summed E-state index contributed by atoms with van der Waals surface area (Å²) in [6, 6.07) is 0. The Kier molecular flexibility index (Phi) is 1.96. The highest BCUT2D eigenvalue weighted by Crippen LogP contribution is 2.47. The third kappa shape index (κ3) is 1.46. The highest BCUT2D eigenvalue weighted by molar-refractivity contribution is 5.27. The standard InChI is InChI=1S/C11H18N2O/c1-10(2,3)13-7-9(6-12-13)11(8-14)4-5-11/h6-7,14H,4-5,8H2,1-3H3. The number of hydrogen-bond donors (Lipinski definition) is 1. The maximum absolute atomic E-state index is 9.28. The summed E-state index contributed by atoms with van der Waals surface area (Å²) in [5.41, 5.74) is 1.27. The van der Waals surface area contributed by atoms with Gasteiger partial charge in [0.05, 0.1) is 18.3 Å². The molecule has 14 heavy (non-hydrogen) atoms. The van der Waals surface area contributed by atoms with Gasteiger partial charge in [0.2, 0.25) is 0 Å². The molecule has 1 N–H and O–H groups in total. The van der Waals surface area contributed by atoms with E-state index in [1.54, 1.807) is 0 Å². The molecule has 1 aromatic rings. The van der Waals surface area contributed by atoms with E-state index in [9.17, 15) is 5.11 Å². The van der Waals surface area contributed by atoms with Crippen molar-refractivity contribution < 1.29 is 5.11 Å². The average molecular weight is 194 g/mol. The SMILES string of the molecule is CC(C)(C)n1cc(C2(CO)CC2)cn1. The van der Waals surface area contributed by atoms with Crippen molar-refractivity contribution in [3.63, 3.8) is 0 Å². The monoisotopic (exact) mass is 194 g/mol. The van der Waals surface area contributed by atoms with Crippen molar-refractivity contribution >= 4 is 0 Å². The quantitative estimate of drug-likeness (QED) is 0.777. The second kappa shape index (κ2) is 2.83. The van der Waals surface area contributed by atoms with E-state index >= 15 is 0 Å². The molecule has 1 saturated carbocycles. The predicted octanol–water partition coefficient (Wildman–Crippen LogP) is 1.66. The largest absolute Gasteiger partial charge is 0.395 e. The zero-order chi connectivity index (χ0) is 10.4. The fourth-order valence-electron chi connectivity index (χ4n) is 1.65. The van der Waals surface area contributed by atoms with Crippen LogP contribution in [0.15, 0.2) is 12.4 Å². The molecule has 0 radical (unpaired) electrons. The first kappa shape index (κ1) is 9.71. The lowest BCUT2D eigenvalue weighted by Gasteiger charge is -2.19. The van der Waals surface area contributed by atoms with Crippen LogP contribution in [-0.2, 0) is 11.0 Å². The lowest BCUT2D eigenvalue weighted by atomic mass is 10.0. The number of nitrogens with zero attached hydrogens (tertiary/aromatic N) is 2. The fraction of sp³-hybridized carbons (Fsp3) is 0.727. The number of aliphatic hydroxyl groups excluding tert-OH is 1. The maximum atomic E-state index is 9.28. The Morgan fingerprint density at radius 2 is 2.14 bits per heavy atom. The van der Waals surface area contributed by atoms with Gasteiger partial charge < -0.3 is 5.11 Å². The summed E-state index contributed by atoms with van der Waals surface area (Å²) in [5, 5.41) is 13.6. The van der Waals surface area contributed by atoms with Gasteiger partial charge in [-0.25, -0.2) is 0 Å². The van der Waals surface area contributed by atoms with Gasteiger partial charge in [-0.1, -0.05) is 0 Å². The zero-order valence-electron chi connectivity index (χ0n) is 9.12. The third-order valence-corrected chi connectivity index (χ3v) is 3.04. The molecule has 0 aliphatic heterocycles. The van der Waals surface area contributed by atoms with Crippen molar-refractivity contribution in [2.45, 2.75) is 44.6 Å². The van der Waals surface area contributed by atoms with Gasteiger partial charge in [0.1, 0.15) is 0 Å². The number of aromatic nitrogens is 2. The minimum Gasteiger partial charge on any atom is -0.395 e. The van der Waals surface area contributed by atoms with Crippen LogP contribution in [0.25, 0.3) is 0 Å². The maximum Gasteiger partial charge on any atom is 0.0543 e. The zero-order valence-corrected chi connectivity index (χ0v) is 9.12. The molecular weight excluding hydrogens is 176 g/mol. The molecule has 0 bridgehead atoms. The van der Waals surface area contributed by atoms with Gasteiger partial charge in [0, 0.05) is 11.6 Å². The van der Waals surface area contributed by atoms with Gasteiger partial charge in [-0.05, 0) is 39.2 Å². The summed E-state index contributed by atoms with van der Waals surface area (Å²) >= 11 is 0. The lowest BCUT2D eigenvalue weighted by Crippen LogP contribution is -2.22. The summed E-state index contributed by atoms with van der Waals surface area (Å²) in [6.07, 6.45) is 6.16. The van der Waals surface area contributed by atoms with Crippen LogP contribution in [-0.4, -0.2) is 21.5 Å². The number of rotatable bonds is 2. The molecule has 0 unspecified atom stereocenters. The van der Waals surface area contributed by atoms with Crippen LogP contribution < -0.4 is 0 Å². The van der Waals surface area contributed by atoms with Gasteiger partial charge in [-0.15, -0.1) is 0 Å². The Bertz CT molecular complexity index is 331. The van der Waals surface area contributed by atoms with Gasteiger partial charge >= 0.3 is 0 Å². The van der Waals surface area contributed by atoms with Crippen LogP contribution in [0, 0.1) is 0 Å². The Balaban J connectivity index is 2.27. The van der Waals surface area contributed by atoms with Crippen molar-refractivity contribution in [2.24, 2.45) is 0 Å². The van der Waals surface area contributed by atoms with Gasteiger partial charge in [0.25, 0.3) is 0 Å². The molecule has 78 valence electrons. The fourth-order valence-corrected chi connectivity index (χ4v) is 1.65. The molecule has 1 fully saturated rings. The second-order valence-corrected chi connectivity index (χ2v) is 5.28. The van der Waals surface area contributed by atoms with Crippen molar-refractivity contribution in [3.05, 3.63) is 18.0 Å². The molecule has 2 rings (SSSR count). The van der Waals surface area contributed by atoms with E-state index in [4.69, 9.17) is 0 Å². The highest BCUT2D eigenvalue weighted by atomic mass is 16.3. The van der Waals surface area contributed by atoms with Crippen molar-refractivity contribution in [2.75, 3.05) is 6.61 Å². The predicted molar refractivity (Wildman–Crippen MR) is 55.2 cm³/mol. The molecule has 0 atom stereocenters. The van der Waals surface area contributed by atoms with Crippen molar-refractivity contribution in [3.8, 4) is 0 Å². The summed E-state index contributed by atoms with van der Waals surface area (Å²) in [6.45, 7) is 6.63. The Morgan fingerprint density at radius 1 is 1.50 bits per heavy atom. The molecular formula is C11H18N2O. The normalized spacial score (nSPS) is 19.7. The average Bonchev–Trinajstić information content (AvgIpc) is 2.73. The van der Waals surface area contributed by atoms with E-state index < -0.39 is 0 Å². The Morgan fingerprint density at radius 3 is 2.50 bits per heavy atom. The molecule has 1 aromatic heterocycles. The van der Waals surface area contributed by atoms with E-state index in [1.165, 1.54) is 5.56 Å². The first-order chi connectivity index (χ1) is 6.48. The Hall–Kier alpha value is -0.830. The molecule has 1 aliphatic carbocycles. The molecule has 1 aliphatic rings. The molecule has 0 spiro atoms. The molecule has 0 amide bonds. The number of hydrogen-bond acceptors (Lipinski definition) is 2. The third-order valence-electron chi connectivity index (χ3n) is 3.04. The van der Waals surface area contributed by atoms with Crippen molar-refractivity contribution in [1.82, 2.24) is 9.78 Å². The summed E-state index contributed by atoms with van der Waals surface area (Å²) < 4.78 is 1.97. The van der Waals surface area contributed by atoms with Crippen LogP contribution in [0.1, 0.15) is 39.2 Å². The molecule has 0 aromatic carbocycles. The van der Waals surface area contributed by atoms with Crippen LogP contribution in [0.4, 0.5) is 0 Å². The van der Waals surface area contributed by atoms with E-state index in [0.29, 0.717) is 0 Å². The second-order valence-electron chi connectivity index (χ2n) is 5.28. The van der Waals surface area contributed by atoms with E-state index in [0.717, 1.165) is 12.8 Å². The Labute approximate surface area is 84.7 Å². The van der Waals surface area contributed by atoms with Crippen LogP contribution in [0.2, 0.25) is 0 Å². The van der Waals surface area contributed by atoms with Crippen LogP contribution >= 0.6 is 0 Å². The lowest BCUT2D eigenvalue weighted by molar-refractivity contribution is 0.254. The summed E-state index contributed by atoms with van der Waals surface area (Å²) in [7, 11) is 0. The first-order valence-corrected chi connectivity index (χ1v) is 5.14. The number of aliphatic hydroxyl groups is 1. The minimum absolute atomic E-state index is 0.0315. The van der Waals surface area contributed by atoms with Crippen LogP contribution in [0.5, 0.6) is 0 Å².